The van der Waals surface area contributed by atoms with Crippen LogP contribution in [0.5, 0.6) is 5.75 Å². The van der Waals surface area contributed by atoms with Crippen molar-refractivity contribution < 1.29 is 9.53 Å². The van der Waals surface area contributed by atoms with Gasteiger partial charge in [0.2, 0.25) is 0 Å². The number of carbonyl (C=O) groups excluding carboxylic acids is 1. The number of ether oxygens (including phenoxy) is 1. The number of rotatable bonds is 9. The van der Waals surface area contributed by atoms with Crippen molar-refractivity contribution in [1.82, 2.24) is 10.6 Å². The standard InChI is InChI=1S/C23H27N3O2/c1-4-18-8-10-20(11-9-18)17(2)26-23(27)21(15-24)16-25-13-12-19-6-5-7-22(14-19)28-3/h5-11,14,16-17,25H,4,12-13H2,1-3H3,(H,26,27)/b21-16-. The first-order valence-electron chi connectivity index (χ1n) is 9.43. The van der Waals surface area contributed by atoms with Crippen LogP contribution in [0, 0.1) is 11.3 Å². The van der Waals surface area contributed by atoms with Crippen LogP contribution >= 0.6 is 0 Å². The smallest absolute Gasteiger partial charge is 0.263 e. The Labute approximate surface area is 167 Å². The average Bonchev–Trinajstić information content (AvgIpc) is 2.73. The molecular weight excluding hydrogens is 350 g/mol. The third kappa shape index (κ3) is 6.17. The lowest BCUT2D eigenvalue weighted by molar-refractivity contribution is -0.117. The zero-order valence-electron chi connectivity index (χ0n) is 16.7. The molecule has 0 aromatic heterocycles. The molecule has 2 rings (SSSR count). The molecule has 146 valence electrons. The lowest BCUT2D eigenvalue weighted by Crippen LogP contribution is -2.28. The van der Waals surface area contributed by atoms with Gasteiger partial charge >= 0.3 is 0 Å². The summed E-state index contributed by atoms with van der Waals surface area (Å²) in [5.41, 5.74) is 3.43. The molecule has 1 amide bonds. The molecule has 1 atom stereocenters. The summed E-state index contributed by atoms with van der Waals surface area (Å²) in [5.74, 6) is 0.425. The molecule has 0 saturated heterocycles. The van der Waals surface area contributed by atoms with E-state index in [-0.39, 0.29) is 17.5 Å². The summed E-state index contributed by atoms with van der Waals surface area (Å²) in [7, 11) is 1.64. The number of methoxy groups -OCH3 is 1. The minimum Gasteiger partial charge on any atom is -0.497 e. The molecule has 0 aliphatic heterocycles. The molecule has 2 aromatic carbocycles. The second kappa shape index (κ2) is 10.8. The summed E-state index contributed by atoms with van der Waals surface area (Å²) in [5, 5.41) is 15.2. The first-order valence-corrected chi connectivity index (χ1v) is 9.43. The molecule has 2 N–H and O–H groups in total. The molecule has 0 radical (unpaired) electrons. The van der Waals surface area contributed by atoms with Crippen LogP contribution in [0.1, 0.15) is 36.6 Å². The van der Waals surface area contributed by atoms with Gasteiger partial charge in [0.1, 0.15) is 17.4 Å². The quantitative estimate of drug-likeness (QED) is 0.397. The van der Waals surface area contributed by atoms with Crippen molar-refractivity contribution in [1.29, 1.82) is 5.26 Å². The number of nitrogens with zero attached hydrogens (tertiary/aromatic N) is 1. The molecule has 1 unspecified atom stereocenters. The Bertz CT molecular complexity index is 851. The summed E-state index contributed by atoms with van der Waals surface area (Å²) in [6, 6.07) is 17.7. The average molecular weight is 377 g/mol. The van der Waals surface area contributed by atoms with Crippen molar-refractivity contribution in [2.45, 2.75) is 32.7 Å². The van der Waals surface area contributed by atoms with Gasteiger partial charge in [0.15, 0.2) is 0 Å². The van der Waals surface area contributed by atoms with E-state index in [1.54, 1.807) is 7.11 Å². The van der Waals surface area contributed by atoms with Gasteiger partial charge in [-0.05, 0) is 48.6 Å². The zero-order valence-corrected chi connectivity index (χ0v) is 16.7. The predicted octanol–water partition coefficient (Wildman–Crippen LogP) is 3.67. The topological polar surface area (TPSA) is 74.2 Å². The molecular formula is C23H27N3O2. The Morgan fingerprint density at radius 3 is 2.61 bits per heavy atom. The van der Waals surface area contributed by atoms with Gasteiger partial charge in [0.05, 0.1) is 13.2 Å². The van der Waals surface area contributed by atoms with Gasteiger partial charge in [0, 0.05) is 12.7 Å². The summed E-state index contributed by atoms with van der Waals surface area (Å²) in [4.78, 5) is 12.4. The normalized spacial score (nSPS) is 12.0. The number of nitriles is 1. The summed E-state index contributed by atoms with van der Waals surface area (Å²) < 4.78 is 5.21. The highest BCUT2D eigenvalue weighted by Gasteiger charge is 2.13. The number of amides is 1. The maximum atomic E-state index is 12.4. The van der Waals surface area contributed by atoms with Crippen LogP contribution in [0.25, 0.3) is 0 Å². The van der Waals surface area contributed by atoms with Crippen LogP contribution in [-0.2, 0) is 17.6 Å². The molecule has 0 aliphatic carbocycles. The fourth-order valence-corrected chi connectivity index (χ4v) is 2.77. The molecule has 0 bridgehead atoms. The van der Waals surface area contributed by atoms with E-state index < -0.39 is 0 Å². The van der Waals surface area contributed by atoms with E-state index in [4.69, 9.17) is 4.74 Å². The van der Waals surface area contributed by atoms with Crippen molar-refractivity contribution in [3.05, 3.63) is 77.0 Å². The van der Waals surface area contributed by atoms with Gasteiger partial charge in [0.25, 0.3) is 5.91 Å². The van der Waals surface area contributed by atoms with Crippen molar-refractivity contribution in [3.8, 4) is 11.8 Å². The lowest BCUT2D eigenvalue weighted by Gasteiger charge is -2.14. The van der Waals surface area contributed by atoms with Crippen LogP contribution in [0.15, 0.2) is 60.3 Å². The van der Waals surface area contributed by atoms with E-state index >= 15 is 0 Å². The highest BCUT2D eigenvalue weighted by molar-refractivity contribution is 5.97. The van der Waals surface area contributed by atoms with Crippen molar-refractivity contribution in [2.24, 2.45) is 0 Å². The second-order valence-corrected chi connectivity index (χ2v) is 6.52. The molecule has 0 saturated carbocycles. The maximum Gasteiger partial charge on any atom is 0.263 e. The second-order valence-electron chi connectivity index (χ2n) is 6.52. The highest BCUT2D eigenvalue weighted by atomic mass is 16.5. The van der Waals surface area contributed by atoms with E-state index in [2.05, 4.69) is 29.7 Å². The van der Waals surface area contributed by atoms with E-state index in [0.29, 0.717) is 6.54 Å². The van der Waals surface area contributed by atoms with Gasteiger partial charge in [-0.25, -0.2) is 0 Å². The van der Waals surface area contributed by atoms with Gasteiger partial charge in [-0.15, -0.1) is 0 Å². The number of hydrogen-bond acceptors (Lipinski definition) is 4. The molecule has 2 aromatic rings. The largest absolute Gasteiger partial charge is 0.497 e. The Morgan fingerprint density at radius 1 is 1.21 bits per heavy atom. The van der Waals surface area contributed by atoms with Gasteiger partial charge in [-0.1, -0.05) is 43.3 Å². The van der Waals surface area contributed by atoms with Gasteiger partial charge in [-0.2, -0.15) is 5.26 Å². The molecule has 0 fully saturated rings. The fraction of sp³-hybridized carbons (Fsp3) is 0.304. The van der Waals surface area contributed by atoms with E-state index in [1.165, 1.54) is 11.8 Å². The molecule has 0 aliphatic rings. The minimum atomic E-state index is -0.386. The van der Waals surface area contributed by atoms with Crippen molar-refractivity contribution >= 4 is 5.91 Å². The molecule has 5 nitrogen and oxygen atoms in total. The fourth-order valence-electron chi connectivity index (χ4n) is 2.77. The predicted molar refractivity (Wildman–Crippen MR) is 111 cm³/mol. The SMILES string of the molecule is CCc1ccc(C(C)NC(=O)/C(C#N)=C\NCCc2cccc(OC)c2)cc1. The van der Waals surface area contributed by atoms with E-state index in [1.807, 2.05) is 49.4 Å². The van der Waals surface area contributed by atoms with Crippen LogP contribution in [0.4, 0.5) is 0 Å². The summed E-state index contributed by atoms with van der Waals surface area (Å²) in [6.45, 7) is 4.62. The minimum absolute atomic E-state index is 0.0580. The van der Waals surface area contributed by atoms with E-state index in [0.717, 1.165) is 29.7 Å². The maximum absolute atomic E-state index is 12.4. The van der Waals surface area contributed by atoms with Crippen molar-refractivity contribution in [2.75, 3.05) is 13.7 Å². The number of carbonyl (C=O) groups is 1. The first kappa shape index (κ1) is 21.0. The summed E-state index contributed by atoms with van der Waals surface area (Å²) in [6.07, 6.45) is 3.21. The number of benzene rings is 2. The third-order valence-corrected chi connectivity index (χ3v) is 4.54. The Kier molecular flexibility index (Phi) is 8.11. The third-order valence-electron chi connectivity index (χ3n) is 4.54. The van der Waals surface area contributed by atoms with E-state index in [9.17, 15) is 10.1 Å². The molecule has 28 heavy (non-hydrogen) atoms. The number of hydrogen-bond donors (Lipinski definition) is 2. The van der Waals surface area contributed by atoms with Crippen molar-refractivity contribution in [3.63, 3.8) is 0 Å². The number of aryl methyl sites for hydroxylation is 1. The Morgan fingerprint density at radius 2 is 1.96 bits per heavy atom. The monoisotopic (exact) mass is 377 g/mol. The Hall–Kier alpha value is -3.26. The first-order chi connectivity index (χ1) is 13.6. The molecule has 0 spiro atoms. The lowest BCUT2D eigenvalue weighted by atomic mass is 10.0. The molecule has 0 heterocycles. The van der Waals surface area contributed by atoms with Crippen LogP contribution < -0.4 is 15.4 Å². The van der Waals surface area contributed by atoms with Crippen LogP contribution in [0.2, 0.25) is 0 Å². The van der Waals surface area contributed by atoms with Crippen LogP contribution in [-0.4, -0.2) is 19.6 Å². The zero-order chi connectivity index (χ0) is 20.4. The van der Waals surface area contributed by atoms with Gasteiger partial charge < -0.3 is 15.4 Å². The van der Waals surface area contributed by atoms with Crippen LogP contribution in [0.3, 0.4) is 0 Å². The van der Waals surface area contributed by atoms with Gasteiger partial charge in [-0.3, -0.25) is 4.79 Å². The molecule has 5 heteroatoms. The number of nitrogens with one attached hydrogen (secondary N) is 2. The Balaban J connectivity index is 1.88. The summed E-state index contributed by atoms with van der Waals surface area (Å²) >= 11 is 0. The highest BCUT2D eigenvalue weighted by Crippen LogP contribution is 2.15.